The molecule has 0 aliphatic carbocycles. The summed E-state index contributed by atoms with van der Waals surface area (Å²) in [5, 5.41) is 0. The largest absolute Gasteiger partial charge is 0.298 e. The Morgan fingerprint density at radius 1 is 1.00 bits per heavy atom. The van der Waals surface area contributed by atoms with Gasteiger partial charge in [0, 0.05) is 19.6 Å². The molecule has 0 fully saturated rings. The molecule has 2 heterocycles. The minimum atomic E-state index is 1.03. The van der Waals surface area contributed by atoms with Crippen molar-refractivity contribution in [2.45, 2.75) is 19.4 Å². The smallest absolute Gasteiger partial charge is 0.0815 e. The fraction of sp³-hybridized carbons (Fsp3) is 0.278. The van der Waals surface area contributed by atoms with Crippen molar-refractivity contribution in [3.05, 3.63) is 64.7 Å². The fourth-order valence-corrected chi connectivity index (χ4v) is 3.79. The molecule has 21 heavy (non-hydrogen) atoms. The number of fused-ring (bicyclic) bond motifs is 2. The molecule has 0 unspecified atom stereocenters. The van der Waals surface area contributed by atoms with Crippen LogP contribution in [0.15, 0.2) is 48.0 Å². The van der Waals surface area contributed by atoms with Gasteiger partial charge in [0.2, 0.25) is 0 Å². The van der Waals surface area contributed by atoms with Gasteiger partial charge in [0.1, 0.15) is 0 Å². The normalized spacial score (nSPS) is 15.8. The van der Waals surface area contributed by atoms with E-state index in [0.29, 0.717) is 0 Å². The molecule has 4 rings (SSSR count). The molecule has 1 aliphatic rings. The first-order valence-corrected chi connectivity index (χ1v) is 8.38. The highest BCUT2D eigenvalue weighted by molar-refractivity contribution is 7.16. The lowest BCUT2D eigenvalue weighted by molar-refractivity contribution is 0.279. The van der Waals surface area contributed by atoms with E-state index in [1.807, 2.05) is 5.51 Å². The van der Waals surface area contributed by atoms with E-state index in [9.17, 15) is 0 Å². The van der Waals surface area contributed by atoms with Crippen molar-refractivity contribution in [2.24, 2.45) is 0 Å². The van der Waals surface area contributed by atoms with Gasteiger partial charge in [-0.05, 0) is 41.7 Å². The number of rotatable bonds is 2. The molecule has 0 N–H and O–H groups in total. The Balaban J connectivity index is 1.50. The highest BCUT2D eigenvalue weighted by Gasteiger charge is 2.13. The molecule has 3 heteroatoms. The monoisotopic (exact) mass is 294 g/mol. The second kappa shape index (κ2) is 5.58. The Hall–Kier alpha value is -1.71. The first-order chi connectivity index (χ1) is 10.4. The summed E-state index contributed by atoms with van der Waals surface area (Å²) in [6.07, 6.45) is 2.32. The van der Waals surface area contributed by atoms with Gasteiger partial charge in [0.25, 0.3) is 0 Å². The van der Waals surface area contributed by atoms with Crippen LogP contribution in [0.3, 0.4) is 0 Å². The lowest BCUT2D eigenvalue weighted by Crippen LogP contribution is -2.25. The zero-order valence-electron chi connectivity index (χ0n) is 12.0. The Kier molecular flexibility index (Phi) is 3.45. The number of hydrogen-bond acceptors (Lipinski definition) is 3. The van der Waals surface area contributed by atoms with E-state index in [2.05, 4.69) is 52.3 Å². The van der Waals surface area contributed by atoms with Crippen molar-refractivity contribution in [2.75, 3.05) is 13.1 Å². The quantitative estimate of drug-likeness (QED) is 0.712. The molecular weight excluding hydrogens is 276 g/mol. The minimum absolute atomic E-state index is 1.03. The Morgan fingerprint density at radius 3 is 2.52 bits per heavy atom. The summed E-state index contributed by atoms with van der Waals surface area (Å²) in [7, 11) is 0. The second-order valence-electron chi connectivity index (χ2n) is 5.70. The molecular formula is C18H18N2S. The van der Waals surface area contributed by atoms with Gasteiger partial charge in [-0.2, -0.15) is 0 Å². The van der Waals surface area contributed by atoms with Crippen molar-refractivity contribution < 1.29 is 0 Å². The van der Waals surface area contributed by atoms with Crippen LogP contribution in [0.4, 0.5) is 0 Å². The zero-order chi connectivity index (χ0) is 14.1. The Bertz CT molecular complexity index is 736. The van der Waals surface area contributed by atoms with E-state index in [-0.39, 0.29) is 0 Å². The van der Waals surface area contributed by atoms with Crippen LogP contribution in [-0.4, -0.2) is 23.0 Å². The predicted molar refractivity (Wildman–Crippen MR) is 88.7 cm³/mol. The fourth-order valence-electron chi connectivity index (χ4n) is 3.13. The number of nitrogens with zero attached hydrogens (tertiary/aromatic N) is 2. The van der Waals surface area contributed by atoms with Crippen molar-refractivity contribution >= 4 is 21.6 Å². The number of thiazole rings is 1. The van der Waals surface area contributed by atoms with Crippen molar-refractivity contribution in [3.63, 3.8) is 0 Å². The van der Waals surface area contributed by atoms with Gasteiger partial charge in [-0.25, -0.2) is 4.98 Å². The summed E-state index contributed by atoms with van der Waals surface area (Å²) < 4.78 is 1.28. The van der Waals surface area contributed by atoms with Gasteiger partial charge < -0.3 is 0 Å². The van der Waals surface area contributed by atoms with Gasteiger partial charge in [-0.3, -0.25) is 4.90 Å². The van der Waals surface area contributed by atoms with Crippen LogP contribution in [0.5, 0.6) is 0 Å². The molecule has 106 valence electrons. The molecule has 0 saturated carbocycles. The SMILES string of the molecule is c1ccc2c(c1)CCN(Cc1ccc3scnc3c1)CC2. The highest BCUT2D eigenvalue weighted by atomic mass is 32.1. The van der Waals surface area contributed by atoms with E-state index >= 15 is 0 Å². The van der Waals surface area contributed by atoms with Crippen molar-refractivity contribution in [1.29, 1.82) is 0 Å². The maximum Gasteiger partial charge on any atom is 0.0815 e. The molecule has 0 atom stereocenters. The Morgan fingerprint density at radius 2 is 1.76 bits per heavy atom. The minimum Gasteiger partial charge on any atom is -0.298 e. The van der Waals surface area contributed by atoms with E-state index in [0.717, 1.165) is 38.0 Å². The molecule has 2 nitrogen and oxygen atoms in total. The first-order valence-electron chi connectivity index (χ1n) is 7.50. The molecule has 0 radical (unpaired) electrons. The third-order valence-electron chi connectivity index (χ3n) is 4.31. The van der Waals surface area contributed by atoms with Gasteiger partial charge >= 0.3 is 0 Å². The summed E-state index contributed by atoms with van der Waals surface area (Å²) in [5.74, 6) is 0. The van der Waals surface area contributed by atoms with E-state index in [4.69, 9.17) is 0 Å². The molecule has 0 amide bonds. The maximum atomic E-state index is 4.42. The van der Waals surface area contributed by atoms with Crippen molar-refractivity contribution in [1.82, 2.24) is 9.88 Å². The summed E-state index contributed by atoms with van der Waals surface area (Å²) in [4.78, 5) is 6.99. The maximum absolute atomic E-state index is 4.42. The van der Waals surface area contributed by atoms with E-state index in [1.54, 1.807) is 11.3 Å². The third-order valence-corrected chi connectivity index (χ3v) is 5.12. The van der Waals surface area contributed by atoms with Crippen LogP contribution in [0.2, 0.25) is 0 Å². The molecule has 3 aromatic rings. The van der Waals surface area contributed by atoms with Crippen LogP contribution in [0, 0.1) is 0 Å². The van der Waals surface area contributed by atoms with Crippen LogP contribution in [-0.2, 0) is 19.4 Å². The van der Waals surface area contributed by atoms with Gasteiger partial charge in [0.15, 0.2) is 0 Å². The molecule has 1 aromatic heterocycles. The summed E-state index contributed by atoms with van der Waals surface area (Å²) >= 11 is 1.71. The second-order valence-corrected chi connectivity index (χ2v) is 6.59. The predicted octanol–water partition coefficient (Wildman–Crippen LogP) is 3.90. The number of hydrogen-bond donors (Lipinski definition) is 0. The van der Waals surface area contributed by atoms with Gasteiger partial charge in [-0.15, -0.1) is 11.3 Å². The molecule has 0 bridgehead atoms. The molecule has 0 saturated heterocycles. The Labute approximate surface area is 129 Å². The van der Waals surface area contributed by atoms with Crippen LogP contribution in [0.1, 0.15) is 16.7 Å². The van der Waals surface area contributed by atoms with Gasteiger partial charge in [-0.1, -0.05) is 30.3 Å². The van der Waals surface area contributed by atoms with Crippen molar-refractivity contribution in [3.8, 4) is 0 Å². The first kappa shape index (κ1) is 13.0. The number of aromatic nitrogens is 1. The lowest BCUT2D eigenvalue weighted by atomic mass is 10.0. The lowest BCUT2D eigenvalue weighted by Gasteiger charge is -2.19. The van der Waals surface area contributed by atoms with Crippen LogP contribution in [0.25, 0.3) is 10.2 Å². The van der Waals surface area contributed by atoms with E-state index < -0.39 is 0 Å². The average Bonchev–Trinajstić information content (AvgIpc) is 2.89. The van der Waals surface area contributed by atoms with Crippen LogP contribution < -0.4 is 0 Å². The summed E-state index contributed by atoms with van der Waals surface area (Å²) in [6, 6.07) is 15.6. The number of benzene rings is 2. The molecule has 1 aliphatic heterocycles. The zero-order valence-corrected chi connectivity index (χ0v) is 12.8. The topological polar surface area (TPSA) is 16.1 Å². The average molecular weight is 294 g/mol. The molecule has 0 spiro atoms. The standard InChI is InChI=1S/C18H18N2S/c1-2-4-16-8-10-20(9-7-15(16)3-1)12-14-5-6-18-17(11-14)19-13-21-18/h1-6,11,13H,7-10,12H2. The molecule has 2 aromatic carbocycles. The van der Waals surface area contributed by atoms with Crippen LogP contribution >= 0.6 is 11.3 Å². The summed E-state index contributed by atoms with van der Waals surface area (Å²) in [6.45, 7) is 3.32. The highest BCUT2D eigenvalue weighted by Crippen LogP contribution is 2.21. The summed E-state index contributed by atoms with van der Waals surface area (Å²) in [5.41, 5.74) is 7.48. The van der Waals surface area contributed by atoms with E-state index in [1.165, 1.54) is 21.4 Å². The van der Waals surface area contributed by atoms with Gasteiger partial charge in [0.05, 0.1) is 15.7 Å². The third kappa shape index (κ3) is 2.71.